The standard InChI is InChI=1S/C11H12F3NO/c12-11(13,14)10-3-1-2-9(4-5-10)6-7-15-8-16/h1-3,5,8H,4,6-7H2,(H,15,16). The maximum atomic E-state index is 12.4. The molecule has 0 spiro atoms. The molecule has 5 heteroatoms. The van der Waals surface area contributed by atoms with Gasteiger partial charge in [0.15, 0.2) is 0 Å². The van der Waals surface area contributed by atoms with Gasteiger partial charge in [0.05, 0.1) is 5.57 Å². The van der Waals surface area contributed by atoms with Crippen LogP contribution >= 0.6 is 0 Å². The van der Waals surface area contributed by atoms with E-state index in [2.05, 4.69) is 5.32 Å². The lowest BCUT2D eigenvalue weighted by molar-refractivity contribution is -0.109. The molecule has 0 saturated carbocycles. The summed E-state index contributed by atoms with van der Waals surface area (Å²) in [6.45, 7) is 0.443. The van der Waals surface area contributed by atoms with Gasteiger partial charge < -0.3 is 5.32 Å². The van der Waals surface area contributed by atoms with E-state index in [9.17, 15) is 18.0 Å². The molecule has 0 aromatic heterocycles. The Kier molecular flexibility index (Phi) is 4.34. The zero-order valence-electron chi connectivity index (χ0n) is 8.55. The number of halogens is 3. The van der Waals surface area contributed by atoms with Gasteiger partial charge in [0.2, 0.25) is 6.41 Å². The van der Waals surface area contributed by atoms with Gasteiger partial charge in [0, 0.05) is 6.54 Å². The molecule has 0 saturated heterocycles. The number of nitrogens with one attached hydrogen (secondary N) is 1. The second kappa shape index (κ2) is 5.53. The van der Waals surface area contributed by atoms with Crippen LogP contribution in [-0.4, -0.2) is 19.1 Å². The molecule has 0 radical (unpaired) electrons. The topological polar surface area (TPSA) is 29.1 Å². The van der Waals surface area contributed by atoms with E-state index in [1.807, 2.05) is 0 Å². The summed E-state index contributed by atoms with van der Waals surface area (Å²) in [6, 6.07) is 0. The number of rotatable bonds is 4. The summed E-state index contributed by atoms with van der Waals surface area (Å²) in [7, 11) is 0. The van der Waals surface area contributed by atoms with Gasteiger partial charge in [-0.05, 0) is 12.8 Å². The van der Waals surface area contributed by atoms with Crippen LogP contribution in [0, 0.1) is 0 Å². The predicted molar refractivity (Wildman–Crippen MR) is 54.7 cm³/mol. The number of hydrogen-bond acceptors (Lipinski definition) is 1. The van der Waals surface area contributed by atoms with E-state index in [0.29, 0.717) is 19.4 Å². The van der Waals surface area contributed by atoms with Gasteiger partial charge >= 0.3 is 6.18 Å². The molecule has 0 fully saturated rings. The van der Waals surface area contributed by atoms with Crippen molar-refractivity contribution in [2.24, 2.45) is 0 Å². The summed E-state index contributed by atoms with van der Waals surface area (Å²) in [4.78, 5) is 9.99. The van der Waals surface area contributed by atoms with Crippen LogP contribution in [0.1, 0.15) is 12.8 Å². The Labute approximate surface area is 91.5 Å². The minimum Gasteiger partial charge on any atom is -0.358 e. The molecule has 0 bridgehead atoms. The van der Waals surface area contributed by atoms with Gasteiger partial charge in [-0.2, -0.15) is 13.2 Å². The first-order chi connectivity index (χ1) is 7.54. The van der Waals surface area contributed by atoms with Crippen molar-refractivity contribution in [2.45, 2.75) is 19.0 Å². The minimum absolute atomic E-state index is 0.266. The number of carbonyl (C=O) groups is 1. The van der Waals surface area contributed by atoms with Crippen LogP contribution in [0.25, 0.3) is 0 Å². The van der Waals surface area contributed by atoms with E-state index in [1.165, 1.54) is 6.08 Å². The van der Waals surface area contributed by atoms with Crippen LogP contribution in [0.3, 0.4) is 0 Å². The molecule has 1 rings (SSSR count). The Morgan fingerprint density at radius 1 is 1.44 bits per heavy atom. The molecule has 88 valence electrons. The molecular formula is C11H12F3NO. The second-order valence-electron chi connectivity index (χ2n) is 3.37. The molecule has 0 aromatic carbocycles. The van der Waals surface area contributed by atoms with Crippen molar-refractivity contribution < 1.29 is 18.0 Å². The summed E-state index contributed by atoms with van der Waals surface area (Å²) >= 11 is 0. The van der Waals surface area contributed by atoms with Gasteiger partial charge in [-0.3, -0.25) is 4.79 Å². The lowest BCUT2D eigenvalue weighted by Crippen LogP contribution is -2.12. The number of allylic oxidation sites excluding steroid dienone is 5. The fourth-order valence-electron chi connectivity index (χ4n) is 1.35. The summed E-state index contributed by atoms with van der Waals surface area (Å²) in [6.07, 6.45) is 2.37. The molecule has 1 N–H and O–H groups in total. The molecule has 0 atom stereocenters. The smallest absolute Gasteiger partial charge is 0.358 e. The Morgan fingerprint density at radius 2 is 2.19 bits per heavy atom. The van der Waals surface area contributed by atoms with Crippen molar-refractivity contribution in [3.63, 3.8) is 0 Å². The molecule has 1 amide bonds. The van der Waals surface area contributed by atoms with E-state index in [1.54, 1.807) is 6.08 Å². The number of carbonyl (C=O) groups excluding carboxylic acids is 1. The van der Waals surface area contributed by atoms with Gasteiger partial charge in [-0.15, -0.1) is 0 Å². The van der Waals surface area contributed by atoms with Crippen LogP contribution in [0.15, 0.2) is 35.5 Å². The van der Waals surface area contributed by atoms with Crippen molar-refractivity contribution in [3.8, 4) is 0 Å². The van der Waals surface area contributed by atoms with Crippen LogP contribution in [-0.2, 0) is 4.79 Å². The summed E-state index contributed by atoms with van der Waals surface area (Å²) in [5.41, 5.74) is 0.243. The monoisotopic (exact) mass is 231 g/mol. The summed E-state index contributed by atoms with van der Waals surface area (Å²) in [5.74, 6) is 0. The first kappa shape index (κ1) is 12.5. The highest BCUT2D eigenvalue weighted by molar-refractivity contribution is 5.45. The molecule has 16 heavy (non-hydrogen) atoms. The zero-order valence-corrected chi connectivity index (χ0v) is 8.55. The predicted octanol–water partition coefficient (Wildman–Crippen LogP) is 2.50. The highest BCUT2D eigenvalue weighted by Crippen LogP contribution is 2.29. The van der Waals surface area contributed by atoms with Crippen molar-refractivity contribution in [2.75, 3.05) is 6.54 Å². The lowest BCUT2D eigenvalue weighted by atomic mass is 10.1. The normalized spacial score (nSPS) is 16.2. The highest BCUT2D eigenvalue weighted by atomic mass is 19.4. The lowest BCUT2D eigenvalue weighted by Gasteiger charge is -2.06. The van der Waals surface area contributed by atoms with Crippen LogP contribution in [0.5, 0.6) is 0 Å². The second-order valence-corrected chi connectivity index (χ2v) is 3.37. The molecule has 1 aliphatic carbocycles. The number of hydrogen-bond donors (Lipinski definition) is 1. The van der Waals surface area contributed by atoms with Crippen LogP contribution in [0.4, 0.5) is 13.2 Å². The van der Waals surface area contributed by atoms with E-state index in [-0.39, 0.29) is 6.42 Å². The molecule has 0 unspecified atom stereocenters. The zero-order chi connectivity index (χ0) is 12.0. The summed E-state index contributed by atoms with van der Waals surface area (Å²) in [5, 5.41) is 2.47. The van der Waals surface area contributed by atoms with Gasteiger partial charge in [0.1, 0.15) is 0 Å². The molecule has 1 aliphatic rings. The third-order valence-corrected chi connectivity index (χ3v) is 2.19. The average Bonchev–Trinajstić information content (AvgIpc) is 2.43. The third-order valence-electron chi connectivity index (χ3n) is 2.19. The van der Waals surface area contributed by atoms with Gasteiger partial charge in [0.25, 0.3) is 0 Å². The largest absolute Gasteiger partial charge is 0.416 e. The number of alkyl halides is 3. The maximum absolute atomic E-state index is 12.4. The summed E-state index contributed by atoms with van der Waals surface area (Å²) < 4.78 is 37.1. The van der Waals surface area contributed by atoms with Crippen molar-refractivity contribution in [1.29, 1.82) is 0 Å². The minimum atomic E-state index is -4.29. The van der Waals surface area contributed by atoms with Crippen LogP contribution < -0.4 is 5.32 Å². The van der Waals surface area contributed by atoms with Crippen molar-refractivity contribution in [3.05, 3.63) is 35.5 Å². The average molecular weight is 231 g/mol. The SMILES string of the molecule is O=CNCCC1=CC=CC(C(F)(F)F)=CC1. The first-order valence-electron chi connectivity index (χ1n) is 4.84. The van der Waals surface area contributed by atoms with E-state index in [4.69, 9.17) is 0 Å². The third kappa shape index (κ3) is 3.92. The molecule has 0 heterocycles. The molecular weight excluding hydrogens is 219 g/mol. The molecule has 2 nitrogen and oxygen atoms in total. The van der Waals surface area contributed by atoms with Gasteiger partial charge in [-0.1, -0.05) is 29.9 Å². The van der Waals surface area contributed by atoms with E-state index >= 15 is 0 Å². The molecule has 0 aliphatic heterocycles. The number of amides is 1. The Hall–Kier alpha value is -1.52. The Morgan fingerprint density at radius 3 is 2.81 bits per heavy atom. The maximum Gasteiger partial charge on any atom is 0.416 e. The molecule has 0 aromatic rings. The van der Waals surface area contributed by atoms with Crippen molar-refractivity contribution in [1.82, 2.24) is 5.32 Å². The fraction of sp³-hybridized carbons (Fsp3) is 0.364. The Bertz CT molecular complexity index is 340. The Balaban J connectivity index is 2.57. The highest BCUT2D eigenvalue weighted by Gasteiger charge is 2.31. The van der Waals surface area contributed by atoms with E-state index in [0.717, 1.165) is 17.7 Å². The first-order valence-corrected chi connectivity index (χ1v) is 4.84. The van der Waals surface area contributed by atoms with E-state index < -0.39 is 11.7 Å². The van der Waals surface area contributed by atoms with Crippen LogP contribution in [0.2, 0.25) is 0 Å². The van der Waals surface area contributed by atoms with Crippen molar-refractivity contribution >= 4 is 6.41 Å². The quantitative estimate of drug-likeness (QED) is 0.584. The van der Waals surface area contributed by atoms with Gasteiger partial charge in [-0.25, -0.2) is 0 Å². The fourth-order valence-corrected chi connectivity index (χ4v) is 1.35.